The Labute approximate surface area is 509 Å². The van der Waals surface area contributed by atoms with E-state index in [4.69, 9.17) is 9.05 Å². The Hall–Kier alpha value is -2.32. The number of phosphoric ester groups is 1. The van der Waals surface area contributed by atoms with E-state index in [1.54, 1.807) is 6.08 Å². The van der Waals surface area contributed by atoms with Gasteiger partial charge >= 0.3 is 7.82 Å². The van der Waals surface area contributed by atoms with Gasteiger partial charge in [-0.1, -0.05) is 324 Å². The van der Waals surface area contributed by atoms with Crippen LogP contribution in [0.25, 0.3) is 0 Å². The number of nitrogens with zero attached hydrogens (tertiary/aromatic N) is 1. The summed E-state index contributed by atoms with van der Waals surface area (Å²) >= 11 is 0. The molecule has 0 aliphatic carbocycles. The molecule has 82 heavy (non-hydrogen) atoms. The van der Waals surface area contributed by atoms with Gasteiger partial charge in [0.15, 0.2) is 0 Å². The van der Waals surface area contributed by atoms with Crippen LogP contribution in [0.1, 0.15) is 322 Å². The lowest BCUT2D eigenvalue weighted by Gasteiger charge is -2.25. The number of quaternary nitrogens is 1. The Kier molecular flexibility index (Phi) is 61.4. The fraction of sp³-hybridized carbons (Fsp3) is 0.795. The van der Waals surface area contributed by atoms with E-state index in [0.29, 0.717) is 17.4 Å². The molecule has 3 unspecified atom stereocenters. The van der Waals surface area contributed by atoms with Crippen LogP contribution in [0.15, 0.2) is 85.1 Å². The van der Waals surface area contributed by atoms with E-state index in [1.807, 2.05) is 27.2 Å². The third kappa shape index (κ3) is 65.2. The summed E-state index contributed by atoms with van der Waals surface area (Å²) < 4.78 is 23.8. The molecular formula is C73H136N2O6P+. The number of aliphatic hydroxyl groups excluding tert-OH is 1. The Morgan fingerprint density at radius 3 is 1.12 bits per heavy atom. The molecule has 0 saturated carbocycles. The molecule has 8 nitrogen and oxygen atoms in total. The predicted octanol–water partition coefficient (Wildman–Crippen LogP) is 22.3. The first kappa shape index (κ1) is 79.7. The largest absolute Gasteiger partial charge is 0.472 e. The number of hydrogen-bond acceptors (Lipinski definition) is 5. The van der Waals surface area contributed by atoms with Gasteiger partial charge in [-0.15, -0.1) is 0 Å². The van der Waals surface area contributed by atoms with E-state index in [2.05, 4.69) is 92.1 Å². The number of allylic oxidation sites excluding steroid dienone is 13. The number of likely N-dealkylation sites (N-methyl/N-ethyl adjacent to an activating group) is 1. The monoisotopic (exact) mass is 1170 g/mol. The fourth-order valence-electron chi connectivity index (χ4n) is 10.2. The lowest BCUT2D eigenvalue weighted by Crippen LogP contribution is -2.45. The molecule has 0 aromatic rings. The number of aliphatic hydroxyl groups is 1. The summed E-state index contributed by atoms with van der Waals surface area (Å²) in [5.74, 6) is -0.182. The Balaban J connectivity index is 4.00. The Morgan fingerprint density at radius 2 is 0.744 bits per heavy atom. The second-order valence-corrected chi connectivity index (χ2v) is 26.3. The molecule has 1 amide bonds. The van der Waals surface area contributed by atoms with Crippen molar-refractivity contribution < 1.29 is 32.9 Å². The van der Waals surface area contributed by atoms with Gasteiger partial charge in [0.05, 0.1) is 39.9 Å². The van der Waals surface area contributed by atoms with Gasteiger partial charge in [0.1, 0.15) is 13.2 Å². The van der Waals surface area contributed by atoms with Crippen molar-refractivity contribution in [3.8, 4) is 0 Å². The first-order chi connectivity index (χ1) is 40.0. The zero-order chi connectivity index (χ0) is 59.8. The van der Waals surface area contributed by atoms with E-state index in [-0.39, 0.29) is 19.1 Å². The highest BCUT2D eigenvalue weighted by atomic mass is 31.2. The third-order valence-corrected chi connectivity index (χ3v) is 16.6. The van der Waals surface area contributed by atoms with E-state index in [0.717, 1.165) is 70.6 Å². The van der Waals surface area contributed by atoms with Crippen LogP contribution in [-0.2, 0) is 18.4 Å². The highest BCUT2D eigenvalue weighted by Crippen LogP contribution is 2.43. The maximum atomic E-state index is 13.0. The zero-order valence-corrected chi connectivity index (χ0v) is 55.6. The topological polar surface area (TPSA) is 105 Å². The SMILES string of the molecule is CC/C=C\C/C=C\C/C=C\C/C=C\C/C=C\CCCCCCCCCCCCCCCCCCCCCCCCCC(=O)NC(COP(=O)(O)OCC[N+](C)(C)C)C(O)/C=C/CC/C=C/CCCCCCCCCCCCCCCCC. The second kappa shape index (κ2) is 63.2. The number of carbonyl (C=O) groups is 1. The fourth-order valence-corrected chi connectivity index (χ4v) is 10.9. The van der Waals surface area contributed by atoms with E-state index in [9.17, 15) is 19.4 Å². The third-order valence-electron chi connectivity index (χ3n) is 15.6. The Morgan fingerprint density at radius 1 is 0.427 bits per heavy atom. The molecule has 0 saturated heterocycles. The van der Waals surface area contributed by atoms with Gasteiger partial charge in [-0.2, -0.15) is 0 Å². The maximum absolute atomic E-state index is 13.0. The van der Waals surface area contributed by atoms with Gasteiger partial charge in [0, 0.05) is 6.42 Å². The minimum absolute atomic E-state index is 0.0559. The van der Waals surface area contributed by atoms with Crippen molar-refractivity contribution >= 4 is 13.7 Å². The number of carbonyl (C=O) groups excluding carboxylic acids is 1. The standard InChI is InChI=1S/C73H135N2O6P/c1-6-8-10-12-14-16-18-20-22-24-26-28-29-30-31-32-33-34-35-36-37-38-39-40-41-42-43-44-45-47-49-51-53-55-57-59-61-63-65-67-73(77)74-71(70-81-82(78,79)80-69-68-75(3,4)5)72(76)66-64-62-60-58-56-54-52-50-48-46-27-25-23-21-19-17-15-13-11-9-7-2/h8,10,14,16,20,22,26,28,30-31,56,58,64,66,71-72,76H,6-7,9,11-13,15,17-19,21,23-25,27,29,32-55,57,59-63,65,67-70H2,1-5H3,(H-,74,77,78,79)/p+1/b10-8-,16-14-,22-20-,28-26-,31-30-,58-56+,66-64+. The van der Waals surface area contributed by atoms with Gasteiger partial charge in [-0.25, -0.2) is 4.57 Å². The van der Waals surface area contributed by atoms with Gasteiger partial charge in [0.2, 0.25) is 5.91 Å². The normalized spacial score (nSPS) is 14.2. The van der Waals surface area contributed by atoms with Gasteiger partial charge in [-0.05, 0) is 77.0 Å². The van der Waals surface area contributed by atoms with Gasteiger partial charge in [0.25, 0.3) is 0 Å². The quantitative estimate of drug-likeness (QED) is 0.0243. The van der Waals surface area contributed by atoms with Crippen molar-refractivity contribution in [1.82, 2.24) is 5.32 Å². The molecule has 9 heteroatoms. The van der Waals surface area contributed by atoms with Gasteiger partial charge < -0.3 is 19.8 Å². The van der Waals surface area contributed by atoms with Crippen LogP contribution in [0.2, 0.25) is 0 Å². The van der Waals surface area contributed by atoms with Crippen LogP contribution in [0.5, 0.6) is 0 Å². The summed E-state index contributed by atoms with van der Waals surface area (Å²) in [7, 11) is 1.56. The minimum atomic E-state index is -4.36. The molecule has 0 heterocycles. The molecule has 0 aliphatic rings. The second-order valence-electron chi connectivity index (χ2n) is 24.9. The molecule has 0 spiro atoms. The predicted molar refractivity (Wildman–Crippen MR) is 360 cm³/mol. The van der Waals surface area contributed by atoms with Crippen LogP contribution in [0.4, 0.5) is 0 Å². The summed E-state index contributed by atoms with van der Waals surface area (Å²) in [4.78, 5) is 23.4. The number of rotatable bonds is 64. The van der Waals surface area contributed by atoms with Crippen molar-refractivity contribution in [1.29, 1.82) is 0 Å². The first-order valence-electron chi connectivity index (χ1n) is 35.0. The van der Waals surface area contributed by atoms with Crippen LogP contribution >= 0.6 is 7.82 Å². The van der Waals surface area contributed by atoms with Crippen molar-refractivity contribution in [2.75, 3.05) is 40.9 Å². The van der Waals surface area contributed by atoms with Crippen molar-refractivity contribution in [3.63, 3.8) is 0 Å². The van der Waals surface area contributed by atoms with E-state index in [1.165, 1.54) is 231 Å². The average molecular weight is 1170 g/mol. The number of amides is 1. The summed E-state index contributed by atoms with van der Waals surface area (Å²) in [6.45, 7) is 4.72. The number of unbranched alkanes of at least 4 members (excludes halogenated alkanes) is 39. The number of phosphoric acid groups is 1. The molecular weight excluding hydrogens is 1030 g/mol. The lowest BCUT2D eigenvalue weighted by molar-refractivity contribution is -0.870. The van der Waals surface area contributed by atoms with Crippen molar-refractivity contribution in [3.05, 3.63) is 85.1 Å². The summed E-state index contributed by atoms with van der Waals surface area (Å²) in [5.41, 5.74) is 0. The highest BCUT2D eigenvalue weighted by Gasteiger charge is 2.28. The van der Waals surface area contributed by atoms with Crippen molar-refractivity contribution in [2.45, 2.75) is 334 Å². The molecule has 3 atom stereocenters. The molecule has 0 rings (SSSR count). The first-order valence-corrected chi connectivity index (χ1v) is 36.5. The summed E-state index contributed by atoms with van der Waals surface area (Å²) in [6.07, 6.45) is 90.3. The lowest BCUT2D eigenvalue weighted by atomic mass is 10.0. The maximum Gasteiger partial charge on any atom is 0.472 e. The van der Waals surface area contributed by atoms with Crippen molar-refractivity contribution in [2.24, 2.45) is 0 Å². The molecule has 0 aromatic heterocycles. The minimum Gasteiger partial charge on any atom is -0.387 e. The number of hydrogen-bond donors (Lipinski definition) is 3. The average Bonchev–Trinajstić information content (AvgIpc) is 3.46. The summed E-state index contributed by atoms with van der Waals surface area (Å²) in [6, 6.07) is -0.866. The smallest absolute Gasteiger partial charge is 0.387 e. The highest BCUT2D eigenvalue weighted by molar-refractivity contribution is 7.47. The molecule has 3 N–H and O–H groups in total. The molecule has 0 radical (unpaired) electrons. The summed E-state index contributed by atoms with van der Waals surface area (Å²) in [5, 5.41) is 14.0. The molecule has 0 bridgehead atoms. The zero-order valence-electron chi connectivity index (χ0n) is 54.7. The molecule has 0 fully saturated rings. The van der Waals surface area contributed by atoms with Crippen LogP contribution in [0.3, 0.4) is 0 Å². The molecule has 0 aromatic carbocycles. The molecule has 0 aliphatic heterocycles. The van der Waals surface area contributed by atoms with E-state index >= 15 is 0 Å². The molecule has 478 valence electrons. The van der Waals surface area contributed by atoms with Crippen LogP contribution in [0, 0.1) is 0 Å². The van der Waals surface area contributed by atoms with Crippen LogP contribution < -0.4 is 5.32 Å². The van der Waals surface area contributed by atoms with E-state index < -0.39 is 20.0 Å². The Bertz CT molecular complexity index is 1610. The van der Waals surface area contributed by atoms with Crippen LogP contribution in [-0.4, -0.2) is 73.4 Å². The van der Waals surface area contributed by atoms with Gasteiger partial charge in [-0.3, -0.25) is 13.8 Å². The number of nitrogens with one attached hydrogen (secondary N) is 1.